The molecule has 0 radical (unpaired) electrons. The third-order valence-corrected chi connectivity index (χ3v) is 4.81. The van der Waals surface area contributed by atoms with E-state index in [-0.39, 0.29) is 24.5 Å². The molecular weight excluding hydrogens is 372 g/mol. The van der Waals surface area contributed by atoms with Crippen LogP contribution in [0.3, 0.4) is 0 Å². The summed E-state index contributed by atoms with van der Waals surface area (Å²) in [7, 11) is 3.06. The van der Waals surface area contributed by atoms with Crippen LogP contribution in [0.4, 0.5) is 11.4 Å². The van der Waals surface area contributed by atoms with Gasteiger partial charge in [0.25, 0.3) is 0 Å². The molecule has 1 heterocycles. The first kappa shape index (κ1) is 20.7. The van der Waals surface area contributed by atoms with Gasteiger partial charge in [-0.2, -0.15) is 0 Å². The van der Waals surface area contributed by atoms with E-state index in [4.69, 9.17) is 14.2 Å². The molecular formula is C22H26N2O5. The van der Waals surface area contributed by atoms with Crippen LogP contribution in [0, 0.1) is 0 Å². The molecule has 7 heteroatoms. The minimum Gasteiger partial charge on any atom is -0.493 e. The predicted octanol–water partition coefficient (Wildman–Crippen LogP) is 3.14. The fourth-order valence-electron chi connectivity index (χ4n) is 3.25. The van der Waals surface area contributed by atoms with Gasteiger partial charge < -0.3 is 24.4 Å². The molecule has 0 saturated carbocycles. The highest BCUT2D eigenvalue weighted by molar-refractivity contribution is 6.01. The molecule has 2 aromatic rings. The van der Waals surface area contributed by atoms with Crippen LogP contribution in [0.5, 0.6) is 11.5 Å². The monoisotopic (exact) mass is 398 g/mol. The minimum atomic E-state index is -0.195. The van der Waals surface area contributed by atoms with Crippen molar-refractivity contribution in [3.05, 3.63) is 48.0 Å². The van der Waals surface area contributed by atoms with Gasteiger partial charge in [0.2, 0.25) is 5.91 Å². The number of Topliss-reactive ketones (excluding diaryl/α,β-unsaturated/α-hetero) is 1. The highest BCUT2D eigenvalue weighted by Crippen LogP contribution is 2.29. The number of hydrogen-bond donors (Lipinski definition) is 1. The molecule has 154 valence electrons. The average molecular weight is 398 g/mol. The number of benzene rings is 2. The van der Waals surface area contributed by atoms with Crippen LogP contribution in [-0.2, 0) is 9.53 Å². The van der Waals surface area contributed by atoms with Crippen LogP contribution in [0.2, 0.25) is 0 Å². The number of ketones is 1. The first-order valence-electron chi connectivity index (χ1n) is 9.59. The molecule has 1 amide bonds. The molecule has 29 heavy (non-hydrogen) atoms. The smallest absolute Gasteiger partial charge is 0.224 e. The standard InChI is InChI=1S/C22H26N2O5/c1-27-20-9-7-16(15-21(20)28-2)19(25)8-10-22(26)23-17-5-3-4-6-18(17)24-11-13-29-14-12-24/h3-7,9,15H,8,10-14H2,1-2H3,(H,23,26). The number of anilines is 2. The molecule has 0 bridgehead atoms. The lowest BCUT2D eigenvalue weighted by atomic mass is 10.1. The molecule has 1 N–H and O–H groups in total. The Kier molecular flexibility index (Phi) is 7.08. The summed E-state index contributed by atoms with van der Waals surface area (Å²) in [6.45, 7) is 2.90. The summed E-state index contributed by atoms with van der Waals surface area (Å²) in [4.78, 5) is 27.1. The van der Waals surface area contributed by atoms with Gasteiger partial charge in [-0.1, -0.05) is 12.1 Å². The minimum absolute atomic E-state index is 0.102. The highest BCUT2D eigenvalue weighted by atomic mass is 16.5. The molecule has 3 rings (SSSR count). The van der Waals surface area contributed by atoms with Gasteiger partial charge in [-0.3, -0.25) is 9.59 Å². The number of ether oxygens (including phenoxy) is 3. The number of para-hydroxylation sites is 2. The molecule has 2 aromatic carbocycles. The summed E-state index contributed by atoms with van der Waals surface area (Å²) in [5, 5.41) is 2.94. The first-order valence-corrected chi connectivity index (χ1v) is 9.59. The maximum atomic E-state index is 12.5. The Hall–Kier alpha value is -3.06. The van der Waals surface area contributed by atoms with Gasteiger partial charge in [0.05, 0.1) is 38.8 Å². The van der Waals surface area contributed by atoms with Crippen molar-refractivity contribution >= 4 is 23.1 Å². The summed E-state index contributed by atoms with van der Waals surface area (Å²) >= 11 is 0. The number of carbonyl (C=O) groups is 2. The Morgan fingerprint density at radius 2 is 1.72 bits per heavy atom. The number of hydrogen-bond acceptors (Lipinski definition) is 6. The van der Waals surface area contributed by atoms with Crippen LogP contribution in [-0.4, -0.2) is 52.2 Å². The Labute approximate surface area is 170 Å². The molecule has 0 unspecified atom stereocenters. The second-order valence-electron chi connectivity index (χ2n) is 6.66. The third-order valence-electron chi connectivity index (χ3n) is 4.81. The Bertz CT molecular complexity index is 862. The largest absolute Gasteiger partial charge is 0.493 e. The summed E-state index contributed by atoms with van der Waals surface area (Å²) < 4.78 is 15.8. The van der Waals surface area contributed by atoms with Crippen molar-refractivity contribution in [2.24, 2.45) is 0 Å². The SMILES string of the molecule is COc1ccc(C(=O)CCC(=O)Nc2ccccc2N2CCOCC2)cc1OC. The van der Waals surface area contributed by atoms with E-state index in [1.807, 2.05) is 24.3 Å². The van der Waals surface area contributed by atoms with E-state index in [1.165, 1.54) is 7.11 Å². The number of morpholine rings is 1. The zero-order chi connectivity index (χ0) is 20.6. The van der Waals surface area contributed by atoms with Crippen molar-refractivity contribution in [1.82, 2.24) is 0 Å². The van der Waals surface area contributed by atoms with Crippen LogP contribution < -0.4 is 19.7 Å². The molecule has 0 spiro atoms. The van der Waals surface area contributed by atoms with Gasteiger partial charge in [0, 0.05) is 31.5 Å². The topological polar surface area (TPSA) is 77.1 Å². The van der Waals surface area contributed by atoms with Crippen molar-refractivity contribution in [2.45, 2.75) is 12.8 Å². The van der Waals surface area contributed by atoms with E-state index >= 15 is 0 Å². The fraction of sp³-hybridized carbons (Fsp3) is 0.364. The molecule has 1 aliphatic rings. The van der Waals surface area contributed by atoms with E-state index in [0.717, 1.165) is 24.5 Å². The molecule has 0 atom stereocenters. The second-order valence-corrected chi connectivity index (χ2v) is 6.66. The van der Waals surface area contributed by atoms with E-state index < -0.39 is 0 Å². The summed E-state index contributed by atoms with van der Waals surface area (Å²) in [5.74, 6) is 0.728. The summed E-state index contributed by atoms with van der Waals surface area (Å²) in [6, 6.07) is 12.7. The number of methoxy groups -OCH3 is 2. The van der Waals surface area contributed by atoms with Gasteiger partial charge in [0.1, 0.15) is 0 Å². The number of rotatable bonds is 8. The summed E-state index contributed by atoms with van der Waals surface area (Å²) in [5.41, 5.74) is 2.21. The number of carbonyl (C=O) groups excluding carboxylic acids is 2. The van der Waals surface area contributed by atoms with Crippen LogP contribution in [0.25, 0.3) is 0 Å². The molecule has 7 nitrogen and oxygen atoms in total. The quantitative estimate of drug-likeness (QED) is 0.689. The Balaban J connectivity index is 1.60. The van der Waals surface area contributed by atoms with Crippen molar-refractivity contribution in [3.8, 4) is 11.5 Å². The lowest BCUT2D eigenvalue weighted by molar-refractivity contribution is -0.116. The van der Waals surface area contributed by atoms with Crippen LogP contribution >= 0.6 is 0 Å². The van der Waals surface area contributed by atoms with Crippen molar-refractivity contribution in [3.63, 3.8) is 0 Å². The molecule has 0 aliphatic carbocycles. The molecule has 1 saturated heterocycles. The van der Waals surface area contributed by atoms with Crippen LogP contribution in [0.1, 0.15) is 23.2 Å². The van der Waals surface area contributed by atoms with E-state index in [2.05, 4.69) is 10.2 Å². The number of nitrogens with zero attached hydrogens (tertiary/aromatic N) is 1. The molecule has 1 fully saturated rings. The second kappa shape index (κ2) is 9.93. The maximum Gasteiger partial charge on any atom is 0.224 e. The molecule has 0 aromatic heterocycles. The van der Waals surface area contributed by atoms with Crippen molar-refractivity contribution in [2.75, 3.05) is 50.7 Å². The lowest BCUT2D eigenvalue weighted by Gasteiger charge is -2.30. The summed E-state index contributed by atoms with van der Waals surface area (Å²) in [6.07, 6.45) is 0.214. The zero-order valence-corrected chi connectivity index (χ0v) is 16.8. The van der Waals surface area contributed by atoms with Crippen molar-refractivity contribution < 1.29 is 23.8 Å². The van der Waals surface area contributed by atoms with Gasteiger partial charge in [-0.05, 0) is 30.3 Å². The number of amides is 1. The number of nitrogens with one attached hydrogen (secondary N) is 1. The first-order chi connectivity index (χ1) is 14.1. The molecule has 1 aliphatic heterocycles. The van der Waals surface area contributed by atoms with Gasteiger partial charge in [-0.15, -0.1) is 0 Å². The average Bonchev–Trinajstić information content (AvgIpc) is 2.78. The normalized spacial score (nSPS) is 13.7. The van der Waals surface area contributed by atoms with Gasteiger partial charge >= 0.3 is 0 Å². The van der Waals surface area contributed by atoms with Crippen molar-refractivity contribution in [1.29, 1.82) is 0 Å². The van der Waals surface area contributed by atoms with E-state index in [9.17, 15) is 9.59 Å². The van der Waals surface area contributed by atoms with E-state index in [0.29, 0.717) is 30.3 Å². The van der Waals surface area contributed by atoms with Crippen LogP contribution in [0.15, 0.2) is 42.5 Å². The van der Waals surface area contributed by atoms with E-state index in [1.54, 1.807) is 25.3 Å². The predicted molar refractivity (Wildman–Crippen MR) is 111 cm³/mol. The zero-order valence-electron chi connectivity index (χ0n) is 16.8. The third kappa shape index (κ3) is 5.26. The Morgan fingerprint density at radius 1 is 1.00 bits per heavy atom. The highest BCUT2D eigenvalue weighted by Gasteiger charge is 2.17. The Morgan fingerprint density at radius 3 is 2.45 bits per heavy atom. The van der Waals surface area contributed by atoms with Gasteiger partial charge in [-0.25, -0.2) is 0 Å². The fourth-order valence-corrected chi connectivity index (χ4v) is 3.25. The maximum absolute atomic E-state index is 12.5. The lowest BCUT2D eigenvalue weighted by Crippen LogP contribution is -2.36. The van der Waals surface area contributed by atoms with Gasteiger partial charge in [0.15, 0.2) is 17.3 Å².